The van der Waals surface area contributed by atoms with E-state index in [-0.39, 0.29) is 12.4 Å². The Bertz CT molecular complexity index is 915. The Kier molecular flexibility index (Phi) is 4.17. The van der Waals surface area contributed by atoms with Crippen LogP contribution >= 0.6 is 0 Å². The van der Waals surface area contributed by atoms with E-state index < -0.39 is 0 Å². The summed E-state index contributed by atoms with van der Waals surface area (Å²) >= 11 is 0. The van der Waals surface area contributed by atoms with E-state index in [0.717, 1.165) is 35.4 Å². The predicted molar refractivity (Wildman–Crippen MR) is 93.2 cm³/mol. The van der Waals surface area contributed by atoms with Gasteiger partial charge in [0.1, 0.15) is 0 Å². The Hall–Kier alpha value is -2.76. The maximum atomic E-state index is 11.6. The SMILES string of the molecule is CCOC(=O)Cc1ccc(-c2cn3c4c(nnc3n2)CCCC4)cc1. The topological polar surface area (TPSA) is 69.4 Å². The summed E-state index contributed by atoms with van der Waals surface area (Å²) in [6.07, 6.45) is 6.71. The molecule has 0 amide bonds. The van der Waals surface area contributed by atoms with E-state index in [1.165, 1.54) is 18.5 Å². The van der Waals surface area contributed by atoms with E-state index in [2.05, 4.69) is 19.6 Å². The fraction of sp³-hybridized carbons (Fsp3) is 0.368. The van der Waals surface area contributed by atoms with Gasteiger partial charge < -0.3 is 4.74 Å². The number of benzene rings is 1. The van der Waals surface area contributed by atoms with Gasteiger partial charge in [-0.1, -0.05) is 24.3 Å². The van der Waals surface area contributed by atoms with Crippen LogP contribution in [0.2, 0.25) is 0 Å². The Balaban J connectivity index is 1.62. The molecule has 0 fully saturated rings. The van der Waals surface area contributed by atoms with Gasteiger partial charge >= 0.3 is 5.97 Å². The third-order valence-corrected chi connectivity index (χ3v) is 4.55. The summed E-state index contributed by atoms with van der Waals surface area (Å²) in [5, 5.41) is 8.59. The summed E-state index contributed by atoms with van der Waals surface area (Å²) in [6, 6.07) is 7.85. The Labute approximate surface area is 145 Å². The van der Waals surface area contributed by atoms with Crippen molar-refractivity contribution in [3.8, 4) is 11.3 Å². The van der Waals surface area contributed by atoms with Gasteiger partial charge in [0.05, 0.1) is 24.4 Å². The van der Waals surface area contributed by atoms with Crippen LogP contribution in [0.25, 0.3) is 17.0 Å². The fourth-order valence-electron chi connectivity index (χ4n) is 3.30. The minimum atomic E-state index is -0.204. The molecule has 6 heteroatoms. The number of fused-ring (bicyclic) bond motifs is 3. The number of carbonyl (C=O) groups excluding carboxylic acids is 1. The third kappa shape index (κ3) is 3.12. The lowest BCUT2D eigenvalue weighted by Gasteiger charge is -2.14. The van der Waals surface area contributed by atoms with Crippen LogP contribution < -0.4 is 0 Å². The monoisotopic (exact) mass is 336 g/mol. The lowest BCUT2D eigenvalue weighted by atomic mass is 10.0. The van der Waals surface area contributed by atoms with Crippen LogP contribution in [-0.4, -0.2) is 32.2 Å². The van der Waals surface area contributed by atoms with Gasteiger partial charge in [0.25, 0.3) is 5.78 Å². The second-order valence-electron chi connectivity index (χ2n) is 6.28. The number of rotatable bonds is 4. The van der Waals surface area contributed by atoms with E-state index in [9.17, 15) is 4.79 Å². The number of imidazole rings is 1. The molecule has 0 saturated heterocycles. The van der Waals surface area contributed by atoms with Crippen molar-refractivity contribution in [2.75, 3.05) is 6.61 Å². The first kappa shape index (κ1) is 15.7. The van der Waals surface area contributed by atoms with Crippen molar-refractivity contribution >= 4 is 11.7 Å². The van der Waals surface area contributed by atoms with E-state index in [0.29, 0.717) is 12.4 Å². The number of carbonyl (C=O) groups is 1. The zero-order chi connectivity index (χ0) is 17.2. The molecule has 0 N–H and O–H groups in total. The zero-order valence-corrected chi connectivity index (χ0v) is 14.2. The molecule has 0 radical (unpaired) electrons. The molecule has 1 aliphatic carbocycles. The average Bonchev–Trinajstić information content (AvgIpc) is 3.07. The van der Waals surface area contributed by atoms with Gasteiger partial charge in [-0.3, -0.25) is 9.20 Å². The van der Waals surface area contributed by atoms with E-state index >= 15 is 0 Å². The molecule has 3 aromatic rings. The summed E-state index contributed by atoms with van der Waals surface area (Å²) < 4.78 is 7.06. The second-order valence-corrected chi connectivity index (χ2v) is 6.28. The number of aromatic nitrogens is 4. The summed E-state index contributed by atoms with van der Waals surface area (Å²) in [5.74, 6) is 0.441. The van der Waals surface area contributed by atoms with Gasteiger partial charge in [0.2, 0.25) is 0 Å². The highest BCUT2D eigenvalue weighted by molar-refractivity contribution is 5.73. The van der Waals surface area contributed by atoms with Crippen molar-refractivity contribution in [3.05, 3.63) is 47.4 Å². The molecule has 25 heavy (non-hydrogen) atoms. The van der Waals surface area contributed by atoms with Crippen LogP contribution in [0, 0.1) is 0 Å². The predicted octanol–water partition coefficient (Wildman–Crippen LogP) is 2.78. The summed E-state index contributed by atoms with van der Waals surface area (Å²) in [4.78, 5) is 16.2. The third-order valence-electron chi connectivity index (χ3n) is 4.55. The van der Waals surface area contributed by atoms with Crippen molar-refractivity contribution in [3.63, 3.8) is 0 Å². The lowest BCUT2D eigenvalue weighted by molar-refractivity contribution is -0.142. The van der Waals surface area contributed by atoms with E-state index in [1.807, 2.05) is 37.4 Å². The molecule has 2 aromatic heterocycles. The zero-order valence-electron chi connectivity index (χ0n) is 14.2. The largest absolute Gasteiger partial charge is 0.466 e. The normalized spacial score (nSPS) is 13.6. The maximum absolute atomic E-state index is 11.6. The average molecular weight is 336 g/mol. The van der Waals surface area contributed by atoms with Gasteiger partial charge in [-0.05, 0) is 38.2 Å². The summed E-state index contributed by atoms with van der Waals surface area (Å²) in [7, 11) is 0. The fourth-order valence-corrected chi connectivity index (χ4v) is 3.30. The van der Waals surface area contributed by atoms with Crippen LogP contribution in [0.1, 0.15) is 36.7 Å². The Morgan fingerprint density at radius 1 is 1.16 bits per heavy atom. The van der Waals surface area contributed by atoms with E-state index in [4.69, 9.17) is 4.74 Å². The number of esters is 1. The van der Waals surface area contributed by atoms with Crippen LogP contribution in [0.4, 0.5) is 0 Å². The van der Waals surface area contributed by atoms with Crippen LogP contribution in [-0.2, 0) is 28.8 Å². The lowest BCUT2D eigenvalue weighted by Crippen LogP contribution is -2.12. The molecular weight excluding hydrogens is 316 g/mol. The minimum Gasteiger partial charge on any atom is -0.466 e. The van der Waals surface area contributed by atoms with Crippen LogP contribution in [0.5, 0.6) is 0 Å². The molecule has 6 nitrogen and oxygen atoms in total. The molecule has 0 atom stereocenters. The van der Waals surface area contributed by atoms with Crippen molar-refractivity contribution in [1.82, 2.24) is 19.6 Å². The van der Waals surface area contributed by atoms with Gasteiger partial charge in [-0.2, -0.15) is 5.10 Å². The molecule has 4 rings (SSSR count). The number of hydrogen-bond donors (Lipinski definition) is 0. The molecule has 128 valence electrons. The molecule has 0 aliphatic heterocycles. The van der Waals surface area contributed by atoms with Crippen molar-refractivity contribution in [2.45, 2.75) is 39.0 Å². The molecule has 1 aromatic carbocycles. The van der Waals surface area contributed by atoms with Gasteiger partial charge in [0, 0.05) is 17.5 Å². The smallest absolute Gasteiger partial charge is 0.310 e. The van der Waals surface area contributed by atoms with Crippen molar-refractivity contribution in [2.24, 2.45) is 0 Å². The van der Waals surface area contributed by atoms with Crippen molar-refractivity contribution < 1.29 is 9.53 Å². The van der Waals surface area contributed by atoms with Crippen LogP contribution in [0.15, 0.2) is 30.5 Å². The second kappa shape index (κ2) is 6.63. The molecule has 0 unspecified atom stereocenters. The summed E-state index contributed by atoms with van der Waals surface area (Å²) in [6.45, 7) is 2.22. The molecule has 0 saturated carbocycles. The van der Waals surface area contributed by atoms with Crippen LogP contribution in [0.3, 0.4) is 0 Å². The first-order valence-corrected chi connectivity index (χ1v) is 8.73. The molecular formula is C19H20N4O2. The molecule has 0 spiro atoms. The molecule has 1 aliphatic rings. The number of hydrogen-bond acceptors (Lipinski definition) is 5. The number of ether oxygens (including phenoxy) is 1. The Morgan fingerprint density at radius 3 is 2.76 bits per heavy atom. The highest BCUT2D eigenvalue weighted by atomic mass is 16.5. The van der Waals surface area contributed by atoms with Crippen molar-refractivity contribution in [1.29, 1.82) is 0 Å². The quantitative estimate of drug-likeness (QED) is 0.685. The first-order chi connectivity index (χ1) is 12.2. The van der Waals surface area contributed by atoms with E-state index in [1.54, 1.807) is 0 Å². The van der Waals surface area contributed by atoms with Gasteiger partial charge in [-0.15, -0.1) is 5.10 Å². The van der Waals surface area contributed by atoms with Gasteiger partial charge in [0.15, 0.2) is 0 Å². The minimum absolute atomic E-state index is 0.204. The summed E-state index contributed by atoms with van der Waals surface area (Å²) in [5.41, 5.74) is 5.13. The highest BCUT2D eigenvalue weighted by Crippen LogP contribution is 2.24. The standard InChI is InChI=1S/C19H20N4O2/c1-2-25-18(24)11-13-7-9-14(10-8-13)16-12-23-17-6-4-3-5-15(17)21-22-19(23)20-16/h7-10,12H,2-6,11H2,1H3. The van der Waals surface area contributed by atoms with Gasteiger partial charge in [-0.25, -0.2) is 4.98 Å². The maximum Gasteiger partial charge on any atom is 0.310 e. The molecule has 0 bridgehead atoms. The number of aryl methyl sites for hydroxylation is 2. The first-order valence-electron chi connectivity index (χ1n) is 8.73. The Morgan fingerprint density at radius 2 is 1.96 bits per heavy atom. The molecule has 2 heterocycles. The highest BCUT2D eigenvalue weighted by Gasteiger charge is 2.17. The number of nitrogens with zero attached hydrogens (tertiary/aromatic N) is 4.